The van der Waals surface area contributed by atoms with E-state index in [9.17, 15) is 14.7 Å². The highest BCUT2D eigenvalue weighted by atomic mass is 16.5. The quantitative estimate of drug-likeness (QED) is 0.802. The van der Waals surface area contributed by atoms with Crippen LogP contribution in [-0.2, 0) is 9.53 Å². The number of piperidine rings is 2. The number of aliphatic hydroxyl groups excluding tert-OH is 1. The highest BCUT2D eigenvalue weighted by Gasteiger charge is 2.47. The Morgan fingerprint density at radius 3 is 2.67 bits per heavy atom. The Morgan fingerprint density at radius 2 is 2.08 bits per heavy atom. The molecule has 1 unspecified atom stereocenters. The number of ether oxygens (including phenoxy) is 1. The monoisotopic (exact) mass is 333 g/mol. The van der Waals surface area contributed by atoms with Crippen molar-refractivity contribution in [3.8, 4) is 0 Å². The van der Waals surface area contributed by atoms with Gasteiger partial charge in [0.2, 0.25) is 5.91 Å². The number of nitrogens with zero attached hydrogens (tertiary/aromatic N) is 3. The Kier molecular flexibility index (Phi) is 4.45. The maximum absolute atomic E-state index is 12.6. The van der Waals surface area contributed by atoms with Crippen LogP contribution in [0.15, 0.2) is 18.3 Å². The highest BCUT2D eigenvalue weighted by molar-refractivity contribution is 5.89. The zero-order chi connectivity index (χ0) is 17.3. The molecule has 2 aliphatic heterocycles. The molecule has 1 atom stereocenters. The number of aromatic nitrogens is 1. The maximum atomic E-state index is 12.6. The van der Waals surface area contributed by atoms with Crippen LogP contribution in [0.3, 0.4) is 0 Å². The lowest BCUT2D eigenvalue weighted by molar-refractivity contribution is -0.152. The van der Waals surface area contributed by atoms with Gasteiger partial charge < -0.3 is 19.6 Å². The topological polar surface area (TPSA) is 83.0 Å². The van der Waals surface area contributed by atoms with Gasteiger partial charge in [0.1, 0.15) is 5.82 Å². The molecular formula is C17H23N3O4. The van der Waals surface area contributed by atoms with Gasteiger partial charge in [0.25, 0.3) is 0 Å². The molecule has 7 nitrogen and oxygen atoms in total. The Bertz CT molecular complexity index is 623. The number of likely N-dealkylation sites (N-methyl/N-ethyl adjacent to an activating group) is 1. The van der Waals surface area contributed by atoms with Crippen molar-refractivity contribution in [2.75, 3.05) is 38.7 Å². The SMILES string of the molecule is COC(=O)c1ccc(N2CCC3(CC2)CC(O)CN(C)C3=O)nc1. The third kappa shape index (κ3) is 2.96. The summed E-state index contributed by atoms with van der Waals surface area (Å²) in [5.41, 5.74) is -0.0311. The van der Waals surface area contributed by atoms with Crippen LogP contribution in [0.1, 0.15) is 29.6 Å². The van der Waals surface area contributed by atoms with Crippen molar-refractivity contribution in [1.29, 1.82) is 0 Å². The van der Waals surface area contributed by atoms with Crippen LogP contribution in [0, 0.1) is 5.41 Å². The molecule has 0 bridgehead atoms. The predicted octanol–water partition coefficient (Wildman–Crippen LogP) is 0.678. The van der Waals surface area contributed by atoms with Crippen LogP contribution >= 0.6 is 0 Å². The van der Waals surface area contributed by atoms with Gasteiger partial charge in [-0.15, -0.1) is 0 Å². The summed E-state index contributed by atoms with van der Waals surface area (Å²) in [7, 11) is 3.10. The van der Waals surface area contributed by atoms with Crippen molar-refractivity contribution >= 4 is 17.7 Å². The molecule has 0 radical (unpaired) electrons. The van der Waals surface area contributed by atoms with E-state index in [1.807, 2.05) is 0 Å². The molecule has 7 heteroatoms. The number of amides is 1. The van der Waals surface area contributed by atoms with E-state index in [1.54, 1.807) is 24.1 Å². The number of aliphatic hydroxyl groups is 1. The molecule has 2 fully saturated rings. The second kappa shape index (κ2) is 6.39. The summed E-state index contributed by atoms with van der Waals surface area (Å²) in [6, 6.07) is 3.50. The lowest BCUT2D eigenvalue weighted by Crippen LogP contribution is -2.56. The minimum atomic E-state index is -0.450. The third-order valence-electron chi connectivity index (χ3n) is 5.12. The number of carbonyl (C=O) groups is 2. The van der Waals surface area contributed by atoms with E-state index >= 15 is 0 Å². The van der Waals surface area contributed by atoms with Crippen molar-refractivity contribution in [3.63, 3.8) is 0 Å². The number of carbonyl (C=O) groups excluding carboxylic acids is 2. The Hall–Kier alpha value is -2.15. The van der Waals surface area contributed by atoms with E-state index in [-0.39, 0.29) is 5.91 Å². The Balaban J connectivity index is 1.68. The predicted molar refractivity (Wildman–Crippen MR) is 87.7 cm³/mol. The first-order valence-electron chi connectivity index (χ1n) is 8.18. The second-order valence-electron chi connectivity index (χ2n) is 6.71. The van der Waals surface area contributed by atoms with Crippen LogP contribution in [0.5, 0.6) is 0 Å². The molecule has 0 aliphatic carbocycles. The number of methoxy groups -OCH3 is 1. The number of rotatable bonds is 2. The van der Waals surface area contributed by atoms with Crippen LogP contribution in [0.2, 0.25) is 0 Å². The van der Waals surface area contributed by atoms with E-state index < -0.39 is 17.5 Å². The molecule has 3 heterocycles. The van der Waals surface area contributed by atoms with E-state index in [2.05, 4.69) is 14.6 Å². The van der Waals surface area contributed by atoms with E-state index in [1.165, 1.54) is 13.3 Å². The number of esters is 1. The van der Waals surface area contributed by atoms with Gasteiger partial charge in [0.15, 0.2) is 0 Å². The van der Waals surface area contributed by atoms with Gasteiger partial charge in [-0.1, -0.05) is 0 Å². The average molecular weight is 333 g/mol. The van der Waals surface area contributed by atoms with Gasteiger partial charge in [0, 0.05) is 32.9 Å². The van der Waals surface area contributed by atoms with Gasteiger partial charge in [-0.2, -0.15) is 0 Å². The van der Waals surface area contributed by atoms with E-state index in [0.29, 0.717) is 44.5 Å². The highest BCUT2D eigenvalue weighted by Crippen LogP contribution is 2.41. The van der Waals surface area contributed by atoms with Gasteiger partial charge in [-0.05, 0) is 31.4 Å². The summed E-state index contributed by atoms with van der Waals surface area (Å²) in [6.07, 6.45) is 3.01. The molecule has 1 aromatic heterocycles. The summed E-state index contributed by atoms with van der Waals surface area (Å²) < 4.78 is 4.67. The van der Waals surface area contributed by atoms with Crippen LogP contribution in [0.4, 0.5) is 5.82 Å². The smallest absolute Gasteiger partial charge is 0.339 e. The Morgan fingerprint density at radius 1 is 1.38 bits per heavy atom. The molecule has 24 heavy (non-hydrogen) atoms. The zero-order valence-electron chi connectivity index (χ0n) is 14.1. The fourth-order valence-electron chi connectivity index (χ4n) is 3.80. The van der Waals surface area contributed by atoms with Crippen LogP contribution in [-0.4, -0.2) is 66.8 Å². The van der Waals surface area contributed by atoms with Crippen LogP contribution in [0.25, 0.3) is 0 Å². The van der Waals surface area contributed by atoms with Crippen molar-refractivity contribution in [3.05, 3.63) is 23.9 Å². The number of anilines is 1. The molecule has 2 saturated heterocycles. The largest absolute Gasteiger partial charge is 0.465 e. The first kappa shape index (κ1) is 16.7. The molecule has 1 N–H and O–H groups in total. The summed E-state index contributed by atoms with van der Waals surface area (Å²) in [5, 5.41) is 10.0. The maximum Gasteiger partial charge on any atom is 0.339 e. The van der Waals surface area contributed by atoms with Crippen molar-refractivity contribution in [1.82, 2.24) is 9.88 Å². The molecular weight excluding hydrogens is 310 g/mol. The standard InChI is InChI=1S/C17H23N3O4/c1-19-11-13(21)9-17(16(19)23)5-7-20(8-6-17)14-4-3-12(10-18-14)15(22)24-2/h3-4,10,13,21H,5-9,11H2,1-2H3. The number of pyridine rings is 1. The summed E-state index contributed by atoms with van der Waals surface area (Å²) >= 11 is 0. The second-order valence-corrected chi connectivity index (χ2v) is 6.71. The third-order valence-corrected chi connectivity index (χ3v) is 5.12. The molecule has 0 aromatic carbocycles. The average Bonchev–Trinajstić information content (AvgIpc) is 2.60. The van der Waals surface area contributed by atoms with Gasteiger partial charge in [-0.25, -0.2) is 9.78 Å². The van der Waals surface area contributed by atoms with Gasteiger partial charge >= 0.3 is 5.97 Å². The minimum Gasteiger partial charge on any atom is -0.465 e. The van der Waals surface area contributed by atoms with Gasteiger partial charge in [0.05, 0.1) is 24.2 Å². The lowest BCUT2D eigenvalue weighted by atomic mass is 9.71. The molecule has 3 rings (SSSR count). The minimum absolute atomic E-state index is 0.140. The van der Waals surface area contributed by atoms with Crippen LogP contribution < -0.4 is 4.90 Å². The lowest BCUT2D eigenvalue weighted by Gasteiger charge is -2.47. The number of likely N-dealkylation sites (tertiary alicyclic amines) is 1. The first-order valence-corrected chi connectivity index (χ1v) is 8.18. The zero-order valence-corrected chi connectivity index (χ0v) is 14.1. The molecule has 0 saturated carbocycles. The normalized spacial score (nSPS) is 23.5. The molecule has 1 spiro atoms. The van der Waals surface area contributed by atoms with Crippen molar-refractivity contribution in [2.45, 2.75) is 25.4 Å². The summed E-state index contributed by atoms with van der Waals surface area (Å²) in [5.74, 6) is 0.521. The van der Waals surface area contributed by atoms with E-state index in [4.69, 9.17) is 0 Å². The number of hydrogen-bond donors (Lipinski definition) is 1. The number of β-amino-alcohol motifs (C(OH)–C–C–N with tert-alkyl or cyclic N) is 1. The molecule has 130 valence electrons. The summed E-state index contributed by atoms with van der Waals surface area (Å²) in [6.45, 7) is 1.83. The first-order chi connectivity index (χ1) is 11.4. The summed E-state index contributed by atoms with van der Waals surface area (Å²) in [4.78, 5) is 32.1. The van der Waals surface area contributed by atoms with Crippen molar-refractivity contribution < 1.29 is 19.4 Å². The molecule has 1 amide bonds. The van der Waals surface area contributed by atoms with E-state index in [0.717, 1.165) is 5.82 Å². The fourth-order valence-corrected chi connectivity index (χ4v) is 3.80. The molecule has 1 aromatic rings. The van der Waals surface area contributed by atoms with Crippen molar-refractivity contribution in [2.24, 2.45) is 5.41 Å². The fraction of sp³-hybridized carbons (Fsp3) is 0.588. The molecule has 2 aliphatic rings. The number of hydrogen-bond acceptors (Lipinski definition) is 6. The Labute approximate surface area is 141 Å². The van der Waals surface area contributed by atoms with Gasteiger partial charge in [-0.3, -0.25) is 4.79 Å².